The molecule has 0 aliphatic rings. The summed E-state index contributed by atoms with van der Waals surface area (Å²) in [6.07, 6.45) is 3.65. The van der Waals surface area contributed by atoms with E-state index in [9.17, 15) is 4.39 Å². The fourth-order valence-electron chi connectivity index (χ4n) is 1.40. The third-order valence-corrected chi connectivity index (χ3v) is 2.23. The highest BCUT2D eigenvalue weighted by atomic mass is 19.1. The maximum absolute atomic E-state index is 13.4. The van der Waals surface area contributed by atoms with Crippen molar-refractivity contribution in [3.8, 4) is 6.07 Å². The second-order valence-corrected chi connectivity index (χ2v) is 3.34. The molecular weight excluding hydrogens is 205 g/mol. The van der Waals surface area contributed by atoms with Gasteiger partial charge in [-0.25, -0.2) is 4.39 Å². The summed E-state index contributed by atoms with van der Waals surface area (Å²) in [6.45, 7) is 0.343. The molecule has 1 aromatic carbocycles. The predicted octanol–water partition coefficient (Wildman–Crippen LogP) is 2.24. The Hall–Kier alpha value is -2.28. The average Bonchev–Trinajstić information content (AvgIpc) is 2.81. The SMILES string of the molecule is N#Cc1ccc(F)c(CNn2cccc2)c1. The second-order valence-electron chi connectivity index (χ2n) is 3.34. The molecule has 0 spiro atoms. The van der Waals surface area contributed by atoms with Gasteiger partial charge in [-0.15, -0.1) is 0 Å². The lowest BCUT2D eigenvalue weighted by Crippen LogP contribution is -2.12. The summed E-state index contributed by atoms with van der Waals surface area (Å²) in [5.41, 5.74) is 3.94. The van der Waals surface area contributed by atoms with Gasteiger partial charge in [0.15, 0.2) is 0 Å². The molecule has 16 heavy (non-hydrogen) atoms. The maximum Gasteiger partial charge on any atom is 0.128 e. The zero-order valence-corrected chi connectivity index (χ0v) is 8.52. The van der Waals surface area contributed by atoms with Gasteiger partial charge in [-0.2, -0.15) is 5.26 Å². The van der Waals surface area contributed by atoms with Crippen LogP contribution in [-0.4, -0.2) is 4.68 Å². The van der Waals surface area contributed by atoms with Crippen molar-refractivity contribution in [2.24, 2.45) is 0 Å². The maximum atomic E-state index is 13.4. The lowest BCUT2D eigenvalue weighted by atomic mass is 10.1. The van der Waals surface area contributed by atoms with E-state index in [4.69, 9.17) is 5.26 Å². The standard InChI is InChI=1S/C12H10FN3/c13-12-4-3-10(8-14)7-11(12)9-15-16-5-1-2-6-16/h1-7,15H,9H2. The van der Waals surface area contributed by atoms with Crippen molar-refractivity contribution in [1.82, 2.24) is 4.68 Å². The monoisotopic (exact) mass is 215 g/mol. The van der Waals surface area contributed by atoms with E-state index in [1.54, 1.807) is 10.7 Å². The van der Waals surface area contributed by atoms with Crippen LogP contribution in [0, 0.1) is 17.1 Å². The smallest absolute Gasteiger partial charge is 0.128 e. The highest BCUT2D eigenvalue weighted by molar-refractivity contribution is 5.34. The van der Waals surface area contributed by atoms with Crippen LogP contribution in [0.1, 0.15) is 11.1 Å². The Morgan fingerprint density at radius 1 is 1.31 bits per heavy atom. The van der Waals surface area contributed by atoms with Crippen molar-refractivity contribution in [2.75, 3.05) is 5.43 Å². The van der Waals surface area contributed by atoms with Crippen LogP contribution in [0.3, 0.4) is 0 Å². The summed E-state index contributed by atoms with van der Waals surface area (Å²) in [7, 11) is 0. The zero-order valence-electron chi connectivity index (χ0n) is 8.52. The summed E-state index contributed by atoms with van der Waals surface area (Å²) in [5, 5.41) is 8.71. The summed E-state index contributed by atoms with van der Waals surface area (Å²) < 4.78 is 15.1. The number of hydrogen-bond acceptors (Lipinski definition) is 2. The first kappa shape index (κ1) is 10.2. The normalized spacial score (nSPS) is 9.75. The molecule has 2 rings (SSSR count). The summed E-state index contributed by atoms with van der Waals surface area (Å²) in [5.74, 6) is -0.307. The zero-order chi connectivity index (χ0) is 11.4. The van der Waals surface area contributed by atoms with Crippen LogP contribution >= 0.6 is 0 Å². The topological polar surface area (TPSA) is 40.8 Å². The first-order valence-corrected chi connectivity index (χ1v) is 4.85. The predicted molar refractivity (Wildman–Crippen MR) is 58.6 cm³/mol. The van der Waals surface area contributed by atoms with Gasteiger partial charge in [-0.1, -0.05) is 0 Å². The largest absolute Gasteiger partial charge is 0.322 e. The molecule has 0 fully saturated rings. The van der Waals surface area contributed by atoms with Gasteiger partial charge in [0.2, 0.25) is 0 Å². The van der Waals surface area contributed by atoms with Gasteiger partial charge in [0.1, 0.15) is 5.82 Å². The van der Waals surface area contributed by atoms with Crippen molar-refractivity contribution in [3.05, 3.63) is 59.7 Å². The molecule has 4 heteroatoms. The minimum absolute atomic E-state index is 0.307. The number of hydrogen-bond donors (Lipinski definition) is 1. The summed E-state index contributed by atoms with van der Waals surface area (Å²) in [6, 6.07) is 10.1. The Balaban J connectivity index is 2.12. The van der Waals surface area contributed by atoms with Gasteiger partial charge in [-0.05, 0) is 30.3 Å². The molecule has 80 valence electrons. The van der Waals surface area contributed by atoms with Crippen LogP contribution in [0.25, 0.3) is 0 Å². The summed E-state index contributed by atoms with van der Waals surface area (Å²) in [4.78, 5) is 0. The van der Waals surface area contributed by atoms with Crippen LogP contribution in [0.15, 0.2) is 42.7 Å². The van der Waals surface area contributed by atoms with Crippen LogP contribution in [0.4, 0.5) is 4.39 Å². The van der Waals surface area contributed by atoms with Gasteiger partial charge in [0.05, 0.1) is 18.2 Å². The number of nitriles is 1. The third-order valence-electron chi connectivity index (χ3n) is 2.23. The molecule has 0 bridgehead atoms. The Kier molecular flexibility index (Phi) is 2.88. The second kappa shape index (κ2) is 4.49. The Morgan fingerprint density at radius 3 is 2.75 bits per heavy atom. The lowest BCUT2D eigenvalue weighted by Gasteiger charge is -2.08. The molecule has 2 aromatic rings. The minimum Gasteiger partial charge on any atom is -0.322 e. The molecule has 0 unspecified atom stereocenters. The van der Waals surface area contributed by atoms with E-state index in [0.717, 1.165) is 0 Å². The molecule has 0 atom stereocenters. The number of rotatable bonds is 3. The van der Waals surface area contributed by atoms with Crippen molar-refractivity contribution in [3.63, 3.8) is 0 Å². The van der Waals surface area contributed by atoms with E-state index >= 15 is 0 Å². The average molecular weight is 215 g/mol. The van der Waals surface area contributed by atoms with Crippen LogP contribution in [0.2, 0.25) is 0 Å². The van der Waals surface area contributed by atoms with Gasteiger partial charge in [0.25, 0.3) is 0 Å². The van der Waals surface area contributed by atoms with E-state index in [0.29, 0.717) is 17.7 Å². The molecule has 0 aliphatic heterocycles. The molecular formula is C12H10FN3. The lowest BCUT2D eigenvalue weighted by molar-refractivity contribution is 0.608. The van der Waals surface area contributed by atoms with Gasteiger partial charge < -0.3 is 5.43 Å². The van der Waals surface area contributed by atoms with Gasteiger partial charge >= 0.3 is 0 Å². The van der Waals surface area contributed by atoms with Crippen LogP contribution in [0.5, 0.6) is 0 Å². The molecule has 1 heterocycles. The Morgan fingerprint density at radius 2 is 2.06 bits per heavy atom. The van der Waals surface area contributed by atoms with Crippen molar-refractivity contribution in [2.45, 2.75) is 6.54 Å². The molecule has 0 radical (unpaired) electrons. The fraction of sp³-hybridized carbons (Fsp3) is 0.0833. The number of halogens is 1. The van der Waals surface area contributed by atoms with Crippen molar-refractivity contribution >= 4 is 0 Å². The van der Waals surface area contributed by atoms with E-state index < -0.39 is 0 Å². The first-order chi connectivity index (χ1) is 7.79. The van der Waals surface area contributed by atoms with E-state index in [2.05, 4.69) is 5.43 Å². The van der Waals surface area contributed by atoms with E-state index in [-0.39, 0.29) is 5.82 Å². The molecule has 0 saturated heterocycles. The van der Waals surface area contributed by atoms with Gasteiger partial charge in [-0.3, -0.25) is 4.68 Å². The van der Waals surface area contributed by atoms with E-state index in [1.165, 1.54) is 12.1 Å². The minimum atomic E-state index is -0.307. The quantitative estimate of drug-likeness (QED) is 0.853. The molecule has 0 aliphatic carbocycles. The molecule has 0 saturated carbocycles. The number of nitrogens with one attached hydrogen (secondary N) is 1. The van der Waals surface area contributed by atoms with E-state index in [1.807, 2.05) is 30.6 Å². The highest BCUT2D eigenvalue weighted by Crippen LogP contribution is 2.10. The Labute approximate surface area is 92.7 Å². The highest BCUT2D eigenvalue weighted by Gasteiger charge is 2.02. The van der Waals surface area contributed by atoms with Gasteiger partial charge in [0, 0.05) is 18.0 Å². The van der Waals surface area contributed by atoms with Crippen LogP contribution in [-0.2, 0) is 6.54 Å². The number of benzene rings is 1. The third kappa shape index (κ3) is 2.20. The fourth-order valence-corrected chi connectivity index (χ4v) is 1.40. The molecule has 3 nitrogen and oxygen atoms in total. The van der Waals surface area contributed by atoms with Crippen LogP contribution < -0.4 is 5.43 Å². The number of aromatic nitrogens is 1. The molecule has 1 aromatic heterocycles. The molecule has 0 amide bonds. The first-order valence-electron chi connectivity index (χ1n) is 4.85. The summed E-state index contributed by atoms with van der Waals surface area (Å²) >= 11 is 0. The number of nitrogens with zero attached hydrogens (tertiary/aromatic N) is 2. The van der Waals surface area contributed by atoms with Crippen molar-refractivity contribution in [1.29, 1.82) is 5.26 Å². The Bertz CT molecular complexity index is 512. The molecule has 1 N–H and O–H groups in total. The van der Waals surface area contributed by atoms with Crippen molar-refractivity contribution < 1.29 is 4.39 Å².